The fourth-order valence-electron chi connectivity index (χ4n) is 1.79. The summed E-state index contributed by atoms with van der Waals surface area (Å²) in [4.78, 5) is 11.4. The highest BCUT2D eigenvalue weighted by Crippen LogP contribution is 2.17. The molecule has 2 N–H and O–H groups in total. The van der Waals surface area contributed by atoms with Crippen molar-refractivity contribution in [2.45, 2.75) is 39.8 Å². The summed E-state index contributed by atoms with van der Waals surface area (Å²) in [6.45, 7) is 9.05. The number of nitrogens with one attached hydrogen (secondary N) is 2. The predicted molar refractivity (Wildman–Crippen MR) is 77.3 cm³/mol. The van der Waals surface area contributed by atoms with Crippen LogP contribution in [0.2, 0.25) is 0 Å². The summed E-state index contributed by atoms with van der Waals surface area (Å²) in [5.41, 5.74) is 1.21. The molecule has 1 aromatic rings. The molecule has 0 saturated heterocycles. The Balaban J connectivity index is 2.46. The fraction of sp³-hybridized carbons (Fsp3) is 0.533. The van der Waals surface area contributed by atoms with Crippen LogP contribution in [-0.4, -0.2) is 25.1 Å². The molecule has 1 aromatic carbocycles. The number of ether oxygens (including phenoxy) is 1. The van der Waals surface area contributed by atoms with Gasteiger partial charge in [0.1, 0.15) is 5.75 Å². The smallest absolute Gasteiger partial charge is 0.258 e. The number of carbonyl (C=O) groups is 1. The Morgan fingerprint density at radius 1 is 1.21 bits per heavy atom. The molecule has 0 spiro atoms. The van der Waals surface area contributed by atoms with E-state index in [1.165, 1.54) is 5.56 Å². The molecule has 1 amide bonds. The Morgan fingerprint density at radius 2 is 1.84 bits per heavy atom. The van der Waals surface area contributed by atoms with Crippen molar-refractivity contribution in [3.63, 3.8) is 0 Å². The lowest BCUT2D eigenvalue weighted by Gasteiger charge is -2.13. The Kier molecular flexibility index (Phi) is 6.36. The number of amides is 1. The molecule has 4 heteroatoms. The Bertz CT molecular complexity index is 388. The second kappa shape index (κ2) is 7.79. The highest BCUT2D eigenvalue weighted by Gasteiger charge is 2.06. The van der Waals surface area contributed by atoms with Crippen molar-refractivity contribution in [3.8, 4) is 5.75 Å². The summed E-state index contributed by atoms with van der Waals surface area (Å²) in [5, 5.41) is 6.13. The molecule has 19 heavy (non-hydrogen) atoms. The molecule has 1 atom stereocenters. The molecular weight excluding hydrogens is 240 g/mol. The highest BCUT2D eigenvalue weighted by molar-refractivity contribution is 5.77. The van der Waals surface area contributed by atoms with Gasteiger partial charge in [-0.1, -0.05) is 19.1 Å². The molecule has 0 heterocycles. The van der Waals surface area contributed by atoms with Gasteiger partial charge in [0, 0.05) is 12.1 Å². The lowest BCUT2D eigenvalue weighted by molar-refractivity contribution is -0.123. The summed E-state index contributed by atoms with van der Waals surface area (Å²) in [6.07, 6.45) is 0. The minimum atomic E-state index is -0.0971. The predicted octanol–water partition coefficient (Wildman–Crippen LogP) is 2.26. The van der Waals surface area contributed by atoms with Crippen LogP contribution in [0, 0.1) is 0 Å². The van der Waals surface area contributed by atoms with E-state index >= 15 is 0 Å². The van der Waals surface area contributed by atoms with Gasteiger partial charge in [-0.2, -0.15) is 0 Å². The van der Waals surface area contributed by atoms with E-state index < -0.39 is 0 Å². The number of rotatable bonds is 7. The summed E-state index contributed by atoms with van der Waals surface area (Å²) in [7, 11) is 0. The number of carbonyl (C=O) groups excluding carboxylic acids is 1. The van der Waals surface area contributed by atoms with E-state index in [1.807, 2.05) is 38.1 Å². The van der Waals surface area contributed by atoms with Gasteiger partial charge in [-0.05, 0) is 45.0 Å². The van der Waals surface area contributed by atoms with Gasteiger partial charge in [-0.15, -0.1) is 0 Å². The second-order valence-electron chi connectivity index (χ2n) is 4.86. The first-order chi connectivity index (χ1) is 9.02. The highest BCUT2D eigenvalue weighted by atomic mass is 16.5. The molecule has 0 aliphatic carbocycles. The van der Waals surface area contributed by atoms with E-state index in [-0.39, 0.29) is 18.6 Å². The molecule has 4 nitrogen and oxygen atoms in total. The average Bonchev–Trinajstić information content (AvgIpc) is 2.36. The van der Waals surface area contributed by atoms with Crippen LogP contribution in [0.1, 0.15) is 39.3 Å². The van der Waals surface area contributed by atoms with Gasteiger partial charge in [-0.25, -0.2) is 0 Å². The summed E-state index contributed by atoms with van der Waals surface area (Å²) < 4.78 is 5.43. The van der Waals surface area contributed by atoms with Crippen molar-refractivity contribution < 1.29 is 9.53 Å². The van der Waals surface area contributed by atoms with Gasteiger partial charge in [0.25, 0.3) is 5.91 Å². The maximum Gasteiger partial charge on any atom is 0.258 e. The van der Waals surface area contributed by atoms with Crippen molar-refractivity contribution in [1.82, 2.24) is 10.6 Å². The molecule has 0 aliphatic heterocycles. The minimum absolute atomic E-state index is 0.0558. The van der Waals surface area contributed by atoms with Gasteiger partial charge in [0.15, 0.2) is 6.61 Å². The van der Waals surface area contributed by atoms with Crippen LogP contribution in [0.15, 0.2) is 24.3 Å². The monoisotopic (exact) mass is 264 g/mol. The number of benzene rings is 1. The minimum Gasteiger partial charge on any atom is -0.484 e. The van der Waals surface area contributed by atoms with E-state index in [9.17, 15) is 4.79 Å². The van der Waals surface area contributed by atoms with Gasteiger partial charge in [-0.3, -0.25) is 4.79 Å². The Morgan fingerprint density at radius 3 is 2.37 bits per heavy atom. The van der Waals surface area contributed by atoms with Gasteiger partial charge in [0.2, 0.25) is 0 Å². The molecule has 1 rings (SSSR count). The normalized spacial score (nSPS) is 12.3. The first kappa shape index (κ1) is 15.5. The summed E-state index contributed by atoms with van der Waals surface area (Å²) in [5.74, 6) is 0.617. The first-order valence-corrected chi connectivity index (χ1v) is 6.78. The van der Waals surface area contributed by atoms with Crippen LogP contribution in [0.25, 0.3) is 0 Å². The van der Waals surface area contributed by atoms with Crippen molar-refractivity contribution >= 4 is 5.91 Å². The topological polar surface area (TPSA) is 50.4 Å². The third-order valence-electron chi connectivity index (χ3n) is 2.71. The zero-order valence-electron chi connectivity index (χ0n) is 12.2. The third-order valence-corrected chi connectivity index (χ3v) is 2.71. The molecule has 0 fully saturated rings. The molecule has 0 bridgehead atoms. The average molecular weight is 264 g/mol. The van der Waals surface area contributed by atoms with E-state index in [1.54, 1.807) is 0 Å². The zero-order valence-corrected chi connectivity index (χ0v) is 12.2. The zero-order chi connectivity index (χ0) is 14.3. The molecule has 1 unspecified atom stereocenters. The Hall–Kier alpha value is -1.55. The van der Waals surface area contributed by atoms with Gasteiger partial charge in [0.05, 0.1) is 0 Å². The molecular formula is C15H24N2O2. The largest absolute Gasteiger partial charge is 0.484 e. The van der Waals surface area contributed by atoms with Crippen LogP contribution in [0.4, 0.5) is 0 Å². The molecule has 106 valence electrons. The van der Waals surface area contributed by atoms with Crippen molar-refractivity contribution in [2.24, 2.45) is 0 Å². The van der Waals surface area contributed by atoms with Crippen molar-refractivity contribution in [1.29, 1.82) is 0 Å². The van der Waals surface area contributed by atoms with Crippen LogP contribution >= 0.6 is 0 Å². The van der Waals surface area contributed by atoms with Gasteiger partial charge < -0.3 is 15.4 Å². The van der Waals surface area contributed by atoms with Crippen LogP contribution in [0.5, 0.6) is 5.75 Å². The van der Waals surface area contributed by atoms with Crippen LogP contribution in [0.3, 0.4) is 0 Å². The standard InChI is InChI=1S/C15H24N2O2/c1-5-16-12(4)13-6-8-14(9-7-13)19-10-15(18)17-11(2)3/h6-9,11-12,16H,5,10H2,1-4H3,(H,17,18). The molecule has 0 radical (unpaired) electrons. The van der Waals surface area contributed by atoms with Crippen molar-refractivity contribution in [2.75, 3.05) is 13.2 Å². The quantitative estimate of drug-likeness (QED) is 0.794. The third kappa shape index (κ3) is 5.75. The lowest BCUT2D eigenvalue weighted by atomic mass is 10.1. The van der Waals surface area contributed by atoms with E-state index in [2.05, 4.69) is 24.5 Å². The lowest BCUT2D eigenvalue weighted by Crippen LogP contribution is -2.34. The maximum atomic E-state index is 11.4. The van der Waals surface area contributed by atoms with E-state index in [4.69, 9.17) is 4.74 Å². The SMILES string of the molecule is CCNC(C)c1ccc(OCC(=O)NC(C)C)cc1. The van der Waals surface area contributed by atoms with Gasteiger partial charge >= 0.3 is 0 Å². The van der Waals surface area contributed by atoms with E-state index in [0.29, 0.717) is 11.8 Å². The summed E-state index contributed by atoms with van der Waals surface area (Å²) in [6, 6.07) is 8.28. The number of hydrogen-bond acceptors (Lipinski definition) is 3. The van der Waals surface area contributed by atoms with Crippen LogP contribution in [-0.2, 0) is 4.79 Å². The summed E-state index contributed by atoms with van der Waals surface area (Å²) >= 11 is 0. The van der Waals surface area contributed by atoms with E-state index in [0.717, 1.165) is 6.54 Å². The molecule has 0 aromatic heterocycles. The first-order valence-electron chi connectivity index (χ1n) is 6.78. The number of hydrogen-bond donors (Lipinski definition) is 2. The second-order valence-corrected chi connectivity index (χ2v) is 4.86. The fourth-order valence-corrected chi connectivity index (χ4v) is 1.79. The molecule has 0 aliphatic rings. The maximum absolute atomic E-state index is 11.4. The van der Waals surface area contributed by atoms with Crippen LogP contribution < -0.4 is 15.4 Å². The van der Waals surface area contributed by atoms with Crippen molar-refractivity contribution in [3.05, 3.63) is 29.8 Å². The Labute approximate surface area is 115 Å². The molecule has 0 saturated carbocycles.